The third kappa shape index (κ3) is 3.72. The Kier molecular flexibility index (Phi) is 5.03. The highest BCUT2D eigenvalue weighted by atomic mass is 19.1. The minimum atomic E-state index is -0.382. The molecule has 0 spiro atoms. The number of aromatic amines is 1. The van der Waals surface area contributed by atoms with Crippen molar-refractivity contribution in [2.75, 3.05) is 43.4 Å². The van der Waals surface area contributed by atoms with Crippen molar-refractivity contribution in [1.82, 2.24) is 20.1 Å². The minimum absolute atomic E-state index is 0.330. The first-order chi connectivity index (χ1) is 13.6. The third-order valence-electron chi connectivity index (χ3n) is 4.86. The third-order valence-corrected chi connectivity index (χ3v) is 4.86. The number of benzene rings is 1. The molecule has 0 saturated carbocycles. The Morgan fingerprint density at radius 2 is 1.75 bits per heavy atom. The summed E-state index contributed by atoms with van der Waals surface area (Å²) >= 11 is 0. The fraction of sp³-hybridized carbons (Fsp3) is 0.250. The molecular formula is C20H21FN6O. The number of hydrogen-bond acceptors (Lipinski definition) is 5. The number of amides is 1. The smallest absolute Gasteiger partial charge is 0.256 e. The van der Waals surface area contributed by atoms with E-state index in [-0.39, 0.29) is 11.7 Å². The Morgan fingerprint density at radius 1 is 1.07 bits per heavy atom. The number of H-pyrrole nitrogens is 1. The molecule has 0 unspecified atom stereocenters. The number of piperazine rings is 1. The molecule has 3 heterocycles. The molecule has 1 fully saturated rings. The molecule has 2 N–H and O–H groups in total. The van der Waals surface area contributed by atoms with Gasteiger partial charge in [-0.15, -0.1) is 0 Å². The number of nitrogens with zero attached hydrogens (tertiary/aromatic N) is 4. The Hall–Kier alpha value is -3.26. The number of nitrogens with one attached hydrogen (secondary N) is 2. The molecule has 1 amide bonds. The molecule has 0 radical (unpaired) electrons. The van der Waals surface area contributed by atoms with Crippen molar-refractivity contribution >= 4 is 17.5 Å². The summed E-state index contributed by atoms with van der Waals surface area (Å²) in [5, 5.41) is 10.3. The van der Waals surface area contributed by atoms with Gasteiger partial charge in [0.25, 0.3) is 5.91 Å². The van der Waals surface area contributed by atoms with Crippen molar-refractivity contribution < 1.29 is 9.18 Å². The van der Waals surface area contributed by atoms with Gasteiger partial charge in [0.2, 0.25) is 0 Å². The van der Waals surface area contributed by atoms with Crippen LogP contribution in [0.5, 0.6) is 0 Å². The zero-order valence-corrected chi connectivity index (χ0v) is 15.5. The second kappa shape index (κ2) is 7.77. The summed E-state index contributed by atoms with van der Waals surface area (Å²) in [5.41, 5.74) is 2.10. The molecule has 4 rings (SSSR count). The van der Waals surface area contributed by atoms with E-state index in [4.69, 9.17) is 0 Å². The summed E-state index contributed by atoms with van der Waals surface area (Å²) in [6.07, 6.45) is 3.42. The standard InChI is InChI=1S/C20H21FN6O/c1-26-10-12-27(13-11-26)19-17(14-6-8-22-9-7-14)18(24-25-19)23-20(28)15-2-4-16(21)5-3-15/h2-9H,10-13H2,1H3,(H2,23,24,25,28). The quantitative estimate of drug-likeness (QED) is 0.728. The van der Waals surface area contributed by atoms with Crippen LogP contribution in [0.3, 0.4) is 0 Å². The van der Waals surface area contributed by atoms with Crippen molar-refractivity contribution in [1.29, 1.82) is 0 Å². The van der Waals surface area contributed by atoms with E-state index in [1.807, 2.05) is 12.1 Å². The van der Waals surface area contributed by atoms with E-state index in [9.17, 15) is 9.18 Å². The van der Waals surface area contributed by atoms with Crippen LogP contribution in [0, 0.1) is 5.82 Å². The molecule has 2 aromatic heterocycles. The van der Waals surface area contributed by atoms with Crippen molar-refractivity contribution in [3.05, 3.63) is 60.2 Å². The van der Waals surface area contributed by atoms with Crippen LogP contribution in [0.15, 0.2) is 48.8 Å². The summed E-state index contributed by atoms with van der Waals surface area (Å²) in [6, 6.07) is 9.21. The van der Waals surface area contributed by atoms with Gasteiger partial charge in [-0.25, -0.2) is 4.39 Å². The second-order valence-corrected chi connectivity index (χ2v) is 6.78. The number of rotatable bonds is 4. The number of hydrogen-bond donors (Lipinski definition) is 2. The van der Waals surface area contributed by atoms with Gasteiger partial charge in [0.15, 0.2) is 5.82 Å². The number of carbonyl (C=O) groups excluding carboxylic acids is 1. The van der Waals surface area contributed by atoms with Crippen LogP contribution < -0.4 is 10.2 Å². The van der Waals surface area contributed by atoms with E-state index < -0.39 is 0 Å². The lowest BCUT2D eigenvalue weighted by Crippen LogP contribution is -2.44. The fourth-order valence-electron chi connectivity index (χ4n) is 3.25. The maximum Gasteiger partial charge on any atom is 0.256 e. The van der Waals surface area contributed by atoms with Crippen molar-refractivity contribution in [2.24, 2.45) is 0 Å². The zero-order valence-electron chi connectivity index (χ0n) is 15.5. The topological polar surface area (TPSA) is 77.1 Å². The van der Waals surface area contributed by atoms with Crippen LogP contribution in [0.2, 0.25) is 0 Å². The molecule has 1 aromatic carbocycles. The van der Waals surface area contributed by atoms with Gasteiger partial charge in [-0.2, -0.15) is 5.10 Å². The van der Waals surface area contributed by atoms with Crippen LogP contribution >= 0.6 is 0 Å². The number of likely N-dealkylation sites (N-methyl/N-ethyl adjacent to an activating group) is 1. The molecule has 0 bridgehead atoms. The molecule has 28 heavy (non-hydrogen) atoms. The molecule has 1 aliphatic rings. The fourth-order valence-corrected chi connectivity index (χ4v) is 3.25. The monoisotopic (exact) mass is 380 g/mol. The Balaban J connectivity index is 1.67. The molecule has 144 valence electrons. The number of anilines is 2. The number of carbonyl (C=O) groups is 1. The first kappa shape index (κ1) is 18.1. The van der Waals surface area contributed by atoms with Crippen LogP contribution in [0.1, 0.15) is 10.4 Å². The molecule has 1 saturated heterocycles. The first-order valence-corrected chi connectivity index (χ1v) is 9.11. The maximum atomic E-state index is 13.1. The van der Waals surface area contributed by atoms with Gasteiger partial charge in [0.1, 0.15) is 11.6 Å². The normalized spacial score (nSPS) is 14.9. The SMILES string of the molecule is CN1CCN(c2n[nH]c(NC(=O)c3ccc(F)cc3)c2-c2ccncc2)CC1. The minimum Gasteiger partial charge on any atom is -0.352 e. The maximum absolute atomic E-state index is 13.1. The Labute approximate surface area is 162 Å². The summed E-state index contributed by atoms with van der Waals surface area (Å²) in [6.45, 7) is 3.59. The van der Waals surface area contributed by atoms with E-state index >= 15 is 0 Å². The second-order valence-electron chi connectivity index (χ2n) is 6.78. The van der Waals surface area contributed by atoms with Gasteiger partial charge in [-0.3, -0.25) is 14.9 Å². The van der Waals surface area contributed by atoms with E-state index in [0.717, 1.165) is 43.1 Å². The van der Waals surface area contributed by atoms with Crippen LogP contribution in [-0.2, 0) is 0 Å². The first-order valence-electron chi connectivity index (χ1n) is 9.11. The number of halogens is 1. The molecule has 0 aliphatic carbocycles. The average Bonchev–Trinajstić information content (AvgIpc) is 3.13. The summed E-state index contributed by atoms with van der Waals surface area (Å²) in [5.74, 6) is 0.597. The number of aromatic nitrogens is 3. The highest BCUT2D eigenvalue weighted by molar-refractivity contribution is 6.06. The molecule has 8 heteroatoms. The van der Waals surface area contributed by atoms with Crippen LogP contribution in [-0.4, -0.2) is 59.2 Å². The largest absolute Gasteiger partial charge is 0.352 e. The molecule has 1 aliphatic heterocycles. The predicted octanol–water partition coefficient (Wildman–Crippen LogP) is 2.61. The van der Waals surface area contributed by atoms with Gasteiger partial charge in [-0.05, 0) is 49.0 Å². The average molecular weight is 380 g/mol. The van der Waals surface area contributed by atoms with Crippen molar-refractivity contribution in [2.45, 2.75) is 0 Å². The van der Waals surface area contributed by atoms with Gasteiger partial charge in [0.05, 0.1) is 5.56 Å². The van der Waals surface area contributed by atoms with Crippen LogP contribution in [0.25, 0.3) is 11.1 Å². The molecule has 0 atom stereocenters. The molecular weight excluding hydrogens is 359 g/mol. The molecule has 3 aromatic rings. The number of pyridine rings is 1. The summed E-state index contributed by atoms with van der Waals surface area (Å²) < 4.78 is 13.1. The van der Waals surface area contributed by atoms with E-state index in [0.29, 0.717) is 11.4 Å². The lowest BCUT2D eigenvalue weighted by Gasteiger charge is -2.33. The van der Waals surface area contributed by atoms with E-state index in [1.54, 1.807) is 12.4 Å². The highest BCUT2D eigenvalue weighted by Gasteiger charge is 2.24. The van der Waals surface area contributed by atoms with E-state index in [1.165, 1.54) is 24.3 Å². The summed E-state index contributed by atoms with van der Waals surface area (Å²) in [4.78, 5) is 21.2. The van der Waals surface area contributed by atoms with Gasteiger partial charge < -0.3 is 15.1 Å². The lowest BCUT2D eigenvalue weighted by atomic mass is 10.1. The predicted molar refractivity (Wildman–Crippen MR) is 106 cm³/mol. The van der Waals surface area contributed by atoms with Gasteiger partial charge >= 0.3 is 0 Å². The van der Waals surface area contributed by atoms with Gasteiger partial charge in [-0.1, -0.05) is 0 Å². The lowest BCUT2D eigenvalue weighted by molar-refractivity contribution is 0.102. The Bertz CT molecular complexity index is 949. The summed E-state index contributed by atoms with van der Waals surface area (Å²) in [7, 11) is 2.10. The van der Waals surface area contributed by atoms with Crippen molar-refractivity contribution in [3.63, 3.8) is 0 Å². The molecule has 7 nitrogen and oxygen atoms in total. The van der Waals surface area contributed by atoms with Crippen molar-refractivity contribution in [3.8, 4) is 11.1 Å². The zero-order chi connectivity index (χ0) is 19.5. The highest BCUT2D eigenvalue weighted by Crippen LogP contribution is 2.35. The Morgan fingerprint density at radius 3 is 2.43 bits per heavy atom. The van der Waals surface area contributed by atoms with E-state index in [2.05, 4.69) is 37.3 Å². The van der Waals surface area contributed by atoms with Gasteiger partial charge in [0, 0.05) is 44.1 Å². The van der Waals surface area contributed by atoms with Crippen LogP contribution in [0.4, 0.5) is 16.0 Å².